The van der Waals surface area contributed by atoms with Gasteiger partial charge in [0, 0.05) is 18.2 Å². The minimum atomic E-state index is -1.10. The maximum Gasteiger partial charge on any atom is 0.203 e. The lowest BCUT2D eigenvalue weighted by Gasteiger charge is -2.07. The molecule has 0 spiro atoms. The van der Waals surface area contributed by atoms with Crippen molar-refractivity contribution in [3.05, 3.63) is 58.9 Å². The van der Waals surface area contributed by atoms with Gasteiger partial charge in [0.1, 0.15) is 29.1 Å². The zero-order valence-corrected chi connectivity index (χ0v) is 9.91. The maximum absolute atomic E-state index is 13.5. The molecule has 2 aromatic carbocycles. The SMILES string of the molecule is Cc1cc(Bc2c(F)cc(F)cc2F)c(F)cc1F. The van der Waals surface area contributed by atoms with Crippen LogP contribution in [0.1, 0.15) is 5.56 Å². The third-order valence-corrected chi connectivity index (χ3v) is 2.80. The third kappa shape index (κ3) is 2.77. The molecule has 0 aliphatic heterocycles. The van der Waals surface area contributed by atoms with Gasteiger partial charge in [-0.3, -0.25) is 0 Å². The Balaban J connectivity index is 2.45. The van der Waals surface area contributed by atoms with E-state index in [9.17, 15) is 22.0 Å². The van der Waals surface area contributed by atoms with E-state index in [2.05, 4.69) is 0 Å². The van der Waals surface area contributed by atoms with Crippen LogP contribution in [-0.4, -0.2) is 7.28 Å². The average molecular weight is 270 g/mol. The van der Waals surface area contributed by atoms with Gasteiger partial charge in [0.2, 0.25) is 7.28 Å². The second-order valence-electron chi connectivity index (χ2n) is 4.22. The van der Waals surface area contributed by atoms with Crippen LogP contribution in [-0.2, 0) is 0 Å². The van der Waals surface area contributed by atoms with Gasteiger partial charge in [-0.1, -0.05) is 6.07 Å². The Morgan fingerprint density at radius 3 is 1.89 bits per heavy atom. The van der Waals surface area contributed by atoms with Crippen LogP contribution in [0.15, 0.2) is 24.3 Å². The Morgan fingerprint density at radius 2 is 1.32 bits per heavy atom. The molecule has 0 radical (unpaired) electrons. The van der Waals surface area contributed by atoms with Crippen molar-refractivity contribution in [3.8, 4) is 0 Å². The zero-order valence-electron chi connectivity index (χ0n) is 9.91. The van der Waals surface area contributed by atoms with Gasteiger partial charge in [-0.25, -0.2) is 22.0 Å². The van der Waals surface area contributed by atoms with Crippen molar-refractivity contribution in [2.45, 2.75) is 6.92 Å². The van der Waals surface area contributed by atoms with Crippen molar-refractivity contribution in [1.82, 2.24) is 0 Å². The molecule has 0 nitrogen and oxygen atoms in total. The van der Waals surface area contributed by atoms with Crippen molar-refractivity contribution in [1.29, 1.82) is 0 Å². The second kappa shape index (κ2) is 5.03. The van der Waals surface area contributed by atoms with Crippen LogP contribution >= 0.6 is 0 Å². The fourth-order valence-corrected chi connectivity index (χ4v) is 1.78. The fourth-order valence-electron chi connectivity index (χ4n) is 1.78. The Kier molecular flexibility index (Phi) is 3.60. The molecule has 0 amide bonds. The highest BCUT2D eigenvalue weighted by Crippen LogP contribution is 2.07. The Morgan fingerprint density at radius 1 is 0.737 bits per heavy atom. The molecular weight excluding hydrogens is 262 g/mol. The lowest BCUT2D eigenvalue weighted by molar-refractivity contribution is 0.553. The van der Waals surface area contributed by atoms with E-state index in [1.165, 1.54) is 13.0 Å². The van der Waals surface area contributed by atoms with Gasteiger partial charge < -0.3 is 0 Å². The molecule has 98 valence electrons. The number of aryl methyl sites for hydroxylation is 1. The van der Waals surface area contributed by atoms with Crippen molar-refractivity contribution in [2.24, 2.45) is 0 Å². The molecule has 0 heterocycles. The Bertz CT molecular complexity index is 616. The van der Waals surface area contributed by atoms with Crippen LogP contribution in [0.4, 0.5) is 22.0 Å². The highest BCUT2D eigenvalue weighted by molar-refractivity contribution is 6.67. The molecule has 0 atom stereocenters. The van der Waals surface area contributed by atoms with Crippen LogP contribution < -0.4 is 10.9 Å². The summed E-state index contributed by atoms with van der Waals surface area (Å²) >= 11 is 0. The first-order valence-corrected chi connectivity index (χ1v) is 5.46. The second-order valence-corrected chi connectivity index (χ2v) is 4.22. The van der Waals surface area contributed by atoms with Crippen LogP contribution in [0.2, 0.25) is 0 Å². The van der Waals surface area contributed by atoms with E-state index in [0.717, 1.165) is 0 Å². The van der Waals surface area contributed by atoms with Gasteiger partial charge >= 0.3 is 0 Å². The van der Waals surface area contributed by atoms with Crippen molar-refractivity contribution in [3.63, 3.8) is 0 Å². The smallest absolute Gasteiger partial charge is 0.203 e. The van der Waals surface area contributed by atoms with Crippen LogP contribution in [0, 0.1) is 36.0 Å². The molecule has 0 bridgehead atoms. The Hall–Kier alpha value is -1.85. The van der Waals surface area contributed by atoms with Crippen LogP contribution in [0.3, 0.4) is 0 Å². The van der Waals surface area contributed by atoms with Gasteiger partial charge in [-0.2, -0.15) is 0 Å². The number of halogens is 5. The number of hydrogen-bond donors (Lipinski definition) is 0. The molecule has 0 saturated heterocycles. The summed E-state index contributed by atoms with van der Waals surface area (Å²) in [5.41, 5.74) is -0.339. The number of benzene rings is 2. The third-order valence-electron chi connectivity index (χ3n) is 2.80. The maximum atomic E-state index is 13.5. The summed E-state index contributed by atoms with van der Waals surface area (Å²) in [5, 5.41) is 0. The minimum Gasteiger partial charge on any atom is -0.207 e. The van der Waals surface area contributed by atoms with E-state index in [-0.39, 0.29) is 11.0 Å². The monoisotopic (exact) mass is 270 g/mol. The van der Waals surface area contributed by atoms with Crippen molar-refractivity contribution in [2.75, 3.05) is 0 Å². The molecule has 0 fully saturated rings. The fraction of sp³-hybridized carbons (Fsp3) is 0.0769. The first kappa shape index (κ1) is 13.6. The van der Waals surface area contributed by atoms with Crippen LogP contribution in [0.25, 0.3) is 0 Å². The number of hydrogen-bond acceptors (Lipinski definition) is 0. The van der Waals surface area contributed by atoms with E-state index in [1.807, 2.05) is 0 Å². The molecular formula is C13H8BF5. The molecule has 2 rings (SSSR count). The lowest BCUT2D eigenvalue weighted by atomic mass is 9.63. The highest BCUT2D eigenvalue weighted by Gasteiger charge is 2.16. The van der Waals surface area contributed by atoms with Crippen molar-refractivity contribution < 1.29 is 22.0 Å². The zero-order chi connectivity index (χ0) is 14.2. The van der Waals surface area contributed by atoms with E-state index in [0.29, 0.717) is 18.2 Å². The molecule has 2 aromatic rings. The summed E-state index contributed by atoms with van der Waals surface area (Å²) in [4.78, 5) is 0. The molecule has 19 heavy (non-hydrogen) atoms. The summed E-state index contributed by atoms with van der Waals surface area (Å²) in [6.45, 7) is 1.41. The molecule has 0 N–H and O–H groups in total. The van der Waals surface area contributed by atoms with Gasteiger partial charge in [0.25, 0.3) is 0 Å². The summed E-state index contributed by atoms with van der Waals surface area (Å²) in [7, 11) is -0.412. The largest absolute Gasteiger partial charge is 0.207 e. The average Bonchev–Trinajstić information content (AvgIpc) is 2.29. The summed E-state index contributed by atoms with van der Waals surface area (Å²) < 4.78 is 66.2. The van der Waals surface area contributed by atoms with Crippen LogP contribution in [0.5, 0.6) is 0 Å². The van der Waals surface area contributed by atoms with Crippen molar-refractivity contribution >= 4 is 18.2 Å². The normalized spacial score (nSPS) is 10.6. The highest BCUT2D eigenvalue weighted by atomic mass is 19.2. The Labute approximate surface area is 107 Å². The minimum absolute atomic E-state index is 0.0525. The molecule has 0 aromatic heterocycles. The molecule has 0 aliphatic carbocycles. The van der Waals surface area contributed by atoms with E-state index in [4.69, 9.17) is 0 Å². The summed E-state index contributed by atoms with van der Waals surface area (Å²) in [6, 6.07) is 2.87. The van der Waals surface area contributed by atoms with Gasteiger partial charge in [0.15, 0.2) is 0 Å². The van der Waals surface area contributed by atoms with Gasteiger partial charge in [0.05, 0.1) is 0 Å². The first-order valence-electron chi connectivity index (χ1n) is 5.46. The summed E-state index contributed by atoms with van der Waals surface area (Å²) in [6.07, 6.45) is 0. The van der Waals surface area contributed by atoms with E-state index in [1.54, 1.807) is 0 Å². The molecule has 0 unspecified atom stereocenters. The summed E-state index contributed by atoms with van der Waals surface area (Å²) in [5.74, 6) is -4.88. The van der Waals surface area contributed by atoms with Gasteiger partial charge in [-0.05, 0) is 23.4 Å². The van der Waals surface area contributed by atoms with E-state index >= 15 is 0 Å². The first-order chi connectivity index (χ1) is 8.88. The molecule has 0 aliphatic rings. The standard InChI is InChI=1S/C13H8BF5/c1-6-2-8(10(17)5-9(6)16)14-13-11(18)3-7(15)4-12(13)19/h2-5,14H,1H3. The predicted octanol–water partition coefficient (Wildman–Crippen LogP) is 2.08. The number of rotatable bonds is 2. The molecule has 6 heteroatoms. The van der Waals surface area contributed by atoms with Gasteiger partial charge in [-0.15, -0.1) is 0 Å². The predicted molar refractivity (Wildman–Crippen MR) is 63.8 cm³/mol. The topological polar surface area (TPSA) is 0 Å². The quantitative estimate of drug-likeness (QED) is 0.579. The lowest BCUT2D eigenvalue weighted by Crippen LogP contribution is -2.34. The molecule has 0 saturated carbocycles. The van der Waals surface area contributed by atoms with E-state index < -0.39 is 41.8 Å².